The highest BCUT2D eigenvalue weighted by Crippen LogP contribution is 2.37. The van der Waals surface area contributed by atoms with Crippen LogP contribution in [0, 0.1) is 13.8 Å². The number of anilines is 1. The molecule has 92 valence electrons. The highest BCUT2D eigenvalue weighted by molar-refractivity contribution is 5.37. The molecule has 3 heterocycles. The van der Waals surface area contributed by atoms with E-state index < -0.39 is 0 Å². The number of fused-ring (bicyclic) bond motifs is 2. The molecule has 1 aromatic rings. The molecule has 2 aliphatic rings. The highest BCUT2D eigenvalue weighted by atomic mass is 16.3. The van der Waals surface area contributed by atoms with Crippen LogP contribution in [0.4, 0.5) is 5.95 Å². The first kappa shape index (κ1) is 10.9. The van der Waals surface area contributed by atoms with Crippen molar-refractivity contribution >= 4 is 5.95 Å². The molecule has 2 saturated heterocycles. The van der Waals surface area contributed by atoms with Crippen LogP contribution in [0.2, 0.25) is 0 Å². The summed E-state index contributed by atoms with van der Waals surface area (Å²) in [6.07, 6.45) is 3.80. The second-order valence-corrected chi connectivity index (χ2v) is 5.20. The van der Waals surface area contributed by atoms with E-state index in [1.807, 2.05) is 13.8 Å². The Balaban J connectivity index is 1.92. The molecule has 0 radical (unpaired) electrons. The van der Waals surface area contributed by atoms with Gasteiger partial charge in [-0.2, -0.15) is 5.10 Å². The van der Waals surface area contributed by atoms with Crippen LogP contribution in [-0.2, 0) is 0 Å². The van der Waals surface area contributed by atoms with E-state index in [9.17, 15) is 5.11 Å². The molecule has 0 saturated carbocycles. The molecule has 3 rings (SSSR count). The van der Waals surface area contributed by atoms with E-state index in [0.717, 1.165) is 43.0 Å². The van der Waals surface area contributed by atoms with Gasteiger partial charge in [-0.05, 0) is 39.5 Å². The van der Waals surface area contributed by atoms with Crippen LogP contribution in [0.1, 0.15) is 37.1 Å². The minimum atomic E-state index is -0.150. The van der Waals surface area contributed by atoms with E-state index in [4.69, 9.17) is 0 Å². The topological polar surface area (TPSA) is 62.1 Å². The van der Waals surface area contributed by atoms with Crippen LogP contribution >= 0.6 is 0 Å². The molecule has 2 aliphatic heterocycles. The quantitative estimate of drug-likeness (QED) is 0.785. The zero-order chi connectivity index (χ0) is 12.0. The second-order valence-electron chi connectivity index (χ2n) is 5.20. The lowest BCUT2D eigenvalue weighted by Crippen LogP contribution is -2.45. The summed E-state index contributed by atoms with van der Waals surface area (Å²) in [5.74, 6) is 0.743. The molecule has 0 spiro atoms. The Morgan fingerprint density at radius 1 is 1.06 bits per heavy atom. The van der Waals surface area contributed by atoms with Crippen molar-refractivity contribution in [3.05, 3.63) is 11.4 Å². The normalized spacial score (nSPS) is 31.9. The summed E-state index contributed by atoms with van der Waals surface area (Å²) in [4.78, 5) is 6.80. The Bertz CT molecular complexity index is 423. The van der Waals surface area contributed by atoms with Crippen molar-refractivity contribution in [1.29, 1.82) is 0 Å². The number of aliphatic hydroxyl groups is 1. The number of aromatic nitrogens is 3. The minimum absolute atomic E-state index is 0.150. The number of aliphatic hydroxyl groups excluding tert-OH is 1. The van der Waals surface area contributed by atoms with Crippen molar-refractivity contribution in [3.63, 3.8) is 0 Å². The molecule has 2 fully saturated rings. The lowest BCUT2D eigenvalue weighted by Gasteiger charge is -2.36. The van der Waals surface area contributed by atoms with E-state index in [2.05, 4.69) is 20.1 Å². The number of hydrogen-bond donors (Lipinski definition) is 1. The highest BCUT2D eigenvalue weighted by Gasteiger charge is 2.41. The third-order valence-electron chi connectivity index (χ3n) is 4.02. The van der Waals surface area contributed by atoms with Crippen molar-refractivity contribution in [2.24, 2.45) is 0 Å². The Morgan fingerprint density at radius 2 is 1.71 bits per heavy atom. The molecule has 0 amide bonds. The van der Waals surface area contributed by atoms with Gasteiger partial charge < -0.3 is 10.0 Å². The number of nitrogens with zero attached hydrogens (tertiary/aromatic N) is 4. The number of piperidine rings is 1. The molecule has 5 heteroatoms. The van der Waals surface area contributed by atoms with Crippen molar-refractivity contribution < 1.29 is 5.11 Å². The SMILES string of the molecule is Cc1nnc(N2C3CCC2CC(O)C3)nc1C. The molecule has 2 atom stereocenters. The van der Waals surface area contributed by atoms with Crippen molar-refractivity contribution in [1.82, 2.24) is 15.2 Å². The van der Waals surface area contributed by atoms with Gasteiger partial charge in [0.2, 0.25) is 5.95 Å². The van der Waals surface area contributed by atoms with Crippen molar-refractivity contribution in [2.75, 3.05) is 4.90 Å². The molecule has 1 aromatic heterocycles. The van der Waals surface area contributed by atoms with E-state index in [1.54, 1.807) is 0 Å². The fraction of sp³-hybridized carbons (Fsp3) is 0.750. The summed E-state index contributed by atoms with van der Waals surface area (Å²) in [6.45, 7) is 3.89. The summed E-state index contributed by atoms with van der Waals surface area (Å²) in [7, 11) is 0. The van der Waals surface area contributed by atoms with Gasteiger partial charge >= 0.3 is 0 Å². The summed E-state index contributed by atoms with van der Waals surface area (Å²) >= 11 is 0. The first-order chi connectivity index (χ1) is 8.15. The molecule has 17 heavy (non-hydrogen) atoms. The fourth-order valence-electron chi connectivity index (χ4n) is 3.03. The van der Waals surface area contributed by atoms with Gasteiger partial charge in [-0.25, -0.2) is 4.98 Å². The van der Waals surface area contributed by atoms with Crippen LogP contribution < -0.4 is 4.90 Å². The Labute approximate surface area is 101 Å². The third kappa shape index (κ3) is 1.78. The second kappa shape index (κ2) is 3.91. The van der Waals surface area contributed by atoms with E-state index in [1.165, 1.54) is 0 Å². The molecule has 2 bridgehead atoms. The van der Waals surface area contributed by atoms with Gasteiger partial charge in [-0.15, -0.1) is 5.10 Å². The number of hydrogen-bond acceptors (Lipinski definition) is 5. The van der Waals surface area contributed by atoms with Crippen LogP contribution in [0.5, 0.6) is 0 Å². The van der Waals surface area contributed by atoms with Crippen LogP contribution in [-0.4, -0.2) is 38.5 Å². The van der Waals surface area contributed by atoms with Crippen LogP contribution in [0.15, 0.2) is 0 Å². The lowest BCUT2D eigenvalue weighted by molar-refractivity contribution is 0.125. The van der Waals surface area contributed by atoms with E-state index in [0.29, 0.717) is 12.1 Å². The third-order valence-corrected chi connectivity index (χ3v) is 4.02. The zero-order valence-electron chi connectivity index (χ0n) is 10.3. The first-order valence-electron chi connectivity index (χ1n) is 6.29. The van der Waals surface area contributed by atoms with E-state index in [-0.39, 0.29) is 6.10 Å². The summed E-state index contributed by atoms with van der Waals surface area (Å²) in [6, 6.07) is 0.792. The summed E-state index contributed by atoms with van der Waals surface area (Å²) in [5.41, 5.74) is 1.83. The predicted octanol–water partition coefficient (Wildman–Crippen LogP) is 0.981. The molecular formula is C12H18N4O. The molecule has 2 unspecified atom stereocenters. The Hall–Kier alpha value is -1.23. The molecule has 0 aliphatic carbocycles. The maximum atomic E-state index is 9.77. The average Bonchev–Trinajstić information content (AvgIpc) is 2.55. The minimum Gasteiger partial charge on any atom is -0.393 e. The van der Waals surface area contributed by atoms with Crippen molar-refractivity contribution in [2.45, 2.75) is 57.7 Å². The van der Waals surface area contributed by atoms with Crippen LogP contribution in [0.25, 0.3) is 0 Å². The largest absolute Gasteiger partial charge is 0.393 e. The number of aryl methyl sites for hydroxylation is 2. The van der Waals surface area contributed by atoms with Gasteiger partial charge in [0.25, 0.3) is 0 Å². The van der Waals surface area contributed by atoms with Gasteiger partial charge in [-0.3, -0.25) is 0 Å². The maximum absolute atomic E-state index is 9.77. The van der Waals surface area contributed by atoms with Gasteiger partial charge in [0.15, 0.2) is 0 Å². The Morgan fingerprint density at radius 3 is 2.29 bits per heavy atom. The monoisotopic (exact) mass is 234 g/mol. The summed E-state index contributed by atoms with van der Waals surface area (Å²) in [5, 5.41) is 18.1. The van der Waals surface area contributed by atoms with Gasteiger partial charge in [0, 0.05) is 12.1 Å². The van der Waals surface area contributed by atoms with Gasteiger partial charge in [0.1, 0.15) is 0 Å². The summed E-state index contributed by atoms with van der Waals surface area (Å²) < 4.78 is 0. The molecule has 1 N–H and O–H groups in total. The molecule has 0 aromatic carbocycles. The lowest BCUT2D eigenvalue weighted by atomic mass is 10.0. The molecule has 5 nitrogen and oxygen atoms in total. The van der Waals surface area contributed by atoms with Crippen molar-refractivity contribution in [3.8, 4) is 0 Å². The molecular weight excluding hydrogens is 216 g/mol. The standard InChI is InChI=1S/C12H18N4O/c1-7-8(2)14-15-12(13-7)16-9-3-4-10(16)6-11(17)5-9/h9-11,17H,3-6H2,1-2H3. The maximum Gasteiger partial charge on any atom is 0.246 e. The predicted molar refractivity (Wildman–Crippen MR) is 63.8 cm³/mol. The van der Waals surface area contributed by atoms with Gasteiger partial charge in [-0.1, -0.05) is 0 Å². The first-order valence-corrected chi connectivity index (χ1v) is 6.29. The average molecular weight is 234 g/mol. The fourth-order valence-corrected chi connectivity index (χ4v) is 3.03. The Kier molecular flexibility index (Phi) is 2.50. The zero-order valence-corrected chi connectivity index (χ0v) is 10.3. The van der Waals surface area contributed by atoms with Crippen LogP contribution in [0.3, 0.4) is 0 Å². The smallest absolute Gasteiger partial charge is 0.246 e. The van der Waals surface area contributed by atoms with Gasteiger partial charge in [0.05, 0.1) is 17.5 Å². The van der Waals surface area contributed by atoms with E-state index >= 15 is 0 Å². The number of rotatable bonds is 1.